The van der Waals surface area contributed by atoms with Crippen molar-refractivity contribution in [2.75, 3.05) is 5.73 Å². The van der Waals surface area contributed by atoms with Crippen molar-refractivity contribution < 1.29 is 0 Å². The highest BCUT2D eigenvalue weighted by molar-refractivity contribution is 5.89. The zero-order valence-corrected chi connectivity index (χ0v) is 12.4. The Bertz CT molecular complexity index is 848. The topological polar surface area (TPSA) is 74.7 Å². The van der Waals surface area contributed by atoms with Gasteiger partial charge < -0.3 is 15.7 Å². The fourth-order valence-corrected chi connectivity index (χ4v) is 2.50. The molecule has 4 nitrogen and oxygen atoms in total. The number of hydrogen-bond donors (Lipinski definition) is 3. The summed E-state index contributed by atoms with van der Waals surface area (Å²) < 4.78 is 0. The normalized spacial score (nSPS) is 12.0. The van der Waals surface area contributed by atoms with Crippen LogP contribution in [0.2, 0.25) is 0 Å². The van der Waals surface area contributed by atoms with Crippen LogP contribution in [0.4, 0.5) is 5.69 Å². The molecule has 0 atom stereocenters. The molecule has 0 radical (unpaired) electrons. The molecule has 0 unspecified atom stereocenters. The Hall–Kier alpha value is -2.49. The second-order valence-electron chi connectivity index (χ2n) is 6.39. The average molecular weight is 281 g/mol. The largest absolute Gasteiger partial charge is 0.398 e. The predicted octanol–water partition coefficient (Wildman–Crippen LogP) is 3.40. The lowest BCUT2D eigenvalue weighted by Crippen LogP contribution is -2.10. The molecule has 0 aliphatic rings. The minimum atomic E-state index is -0.218. The molecule has 1 heterocycles. The van der Waals surface area contributed by atoms with E-state index >= 15 is 0 Å². The van der Waals surface area contributed by atoms with E-state index < -0.39 is 0 Å². The minimum Gasteiger partial charge on any atom is -0.398 e. The van der Waals surface area contributed by atoms with Gasteiger partial charge in [0.25, 0.3) is 0 Å². The highest BCUT2D eigenvalue weighted by Crippen LogP contribution is 2.31. The number of hydrogen-bond acceptors (Lipinski definition) is 2. The highest BCUT2D eigenvalue weighted by Gasteiger charge is 2.14. The van der Waals surface area contributed by atoms with Gasteiger partial charge in [-0.2, -0.15) is 0 Å². The number of rotatable bonds is 1. The minimum absolute atomic E-state index is 0.125. The summed E-state index contributed by atoms with van der Waals surface area (Å²) in [6.07, 6.45) is 0. The zero-order chi connectivity index (χ0) is 15.2. The van der Waals surface area contributed by atoms with Crippen molar-refractivity contribution >= 4 is 16.7 Å². The summed E-state index contributed by atoms with van der Waals surface area (Å²) in [5, 5.41) is 0. The molecule has 0 fully saturated rings. The Labute approximate surface area is 123 Å². The van der Waals surface area contributed by atoms with Gasteiger partial charge in [-0.05, 0) is 28.7 Å². The Balaban J connectivity index is 2.11. The number of nitrogens with two attached hydrogens (primary N) is 1. The number of imidazole rings is 1. The van der Waals surface area contributed by atoms with Gasteiger partial charge in [0.05, 0.1) is 11.0 Å². The van der Waals surface area contributed by atoms with E-state index in [0.717, 1.165) is 22.2 Å². The quantitative estimate of drug-likeness (QED) is 0.598. The maximum Gasteiger partial charge on any atom is 0.323 e. The van der Waals surface area contributed by atoms with E-state index in [4.69, 9.17) is 5.73 Å². The van der Waals surface area contributed by atoms with Crippen LogP contribution >= 0.6 is 0 Å². The molecule has 108 valence electrons. The molecule has 0 bridgehead atoms. The average Bonchev–Trinajstić information content (AvgIpc) is 2.76. The Morgan fingerprint density at radius 1 is 0.952 bits per heavy atom. The second kappa shape index (κ2) is 4.52. The molecule has 0 aliphatic carbocycles. The number of fused-ring (bicyclic) bond motifs is 1. The molecular weight excluding hydrogens is 262 g/mol. The third kappa shape index (κ3) is 2.44. The molecule has 0 amide bonds. The van der Waals surface area contributed by atoms with Crippen molar-refractivity contribution in [3.63, 3.8) is 0 Å². The van der Waals surface area contributed by atoms with Crippen LogP contribution in [0.25, 0.3) is 22.2 Å². The van der Waals surface area contributed by atoms with Crippen LogP contribution in [-0.4, -0.2) is 9.97 Å². The standard InChI is InChI=1S/C17H19N3O/c1-17(2,3)11-6-4-10(5-7-11)12-8-14-15(9-13(12)18)20-16(21)19-14/h4-9H,18H2,1-3H3,(H2,19,20,21). The molecule has 21 heavy (non-hydrogen) atoms. The maximum atomic E-state index is 11.4. The van der Waals surface area contributed by atoms with E-state index in [-0.39, 0.29) is 11.1 Å². The van der Waals surface area contributed by atoms with Crippen molar-refractivity contribution in [3.05, 3.63) is 52.4 Å². The molecule has 3 rings (SSSR count). The van der Waals surface area contributed by atoms with Crippen LogP contribution < -0.4 is 11.4 Å². The lowest BCUT2D eigenvalue weighted by molar-refractivity contribution is 0.590. The Morgan fingerprint density at radius 3 is 2.10 bits per heavy atom. The highest BCUT2D eigenvalue weighted by atomic mass is 16.1. The lowest BCUT2D eigenvalue weighted by Gasteiger charge is -2.19. The fourth-order valence-electron chi connectivity index (χ4n) is 2.50. The van der Waals surface area contributed by atoms with Crippen LogP contribution in [0.5, 0.6) is 0 Å². The van der Waals surface area contributed by atoms with Crippen molar-refractivity contribution in [2.45, 2.75) is 26.2 Å². The van der Waals surface area contributed by atoms with Gasteiger partial charge in [0.15, 0.2) is 0 Å². The van der Waals surface area contributed by atoms with E-state index in [1.807, 2.05) is 6.07 Å². The summed E-state index contributed by atoms with van der Waals surface area (Å²) in [5.74, 6) is 0. The van der Waals surface area contributed by atoms with Crippen LogP contribution in [0, 0.1) is 0 Å². The number of nitrogen functional groups attached to an aromatic ring is 1. The molecule has 4 N–H and O–H groups in total. The van der Waals surface area contributed by atoms with E-state index in [9.17, 15) is 4.79 Å². The van der Waals surface area contributed by atoms with Gasteiger partial charge in [0.2, 0.25) is 0 Å². The van der Waals surface area contributed by atoms with Gasteiger partial charge in [0.1, 0.15) is 0 Å². The van der Waals surface area contributed by atoms with Crippen LogP contribution in [0.3, 0.4) is 0 Å². The SMILES string of the molecule is CC(C)(C)c1ccc(-c2cc3[nH]c(=O)[nH]c3cc2N)cc1. The summed E-state index contributed by atoms with van der Waals surface area (Å²) in [5.41, 5.74) is 11.4. The maximum absolute atomic E-state index is 11.4. The number of nitrogens with one attached hydrogen (secondary N) is 2. The van der Waals surface area contributed by atoms with Crippen molar-refractivity contribution in [1.29, 1.82) is 0 Å². The lowest BCUT2D eigenvalue weighted by atomic mass is 9.86. The zero-order valence-electron chi connectivity index (χ0n) is 12.4. The van der Waals surface area contributed by atoms with Crippen molar-refractivity contribution in [2.24, 2.45) is 0 Å². The first-order chi connectivity index (χ1) is 9.84. The fraction of sp³-hybridized carbons (Fsp3) is 0.235. The summed E-state index contributed by atoms with van der Waals surface area (Å²) in [6, 6.07) is 12.1. The summed E-state index contributed by atoms with van der Waals surface area (Å²) in [6.45, 7) is 6.56. The molecule has 3 aromatic rings. The van der Waals surface area contributed by atoms with E-state index in [1.54, 1.807) is 6.07 Å². The number of H-pyrrole nitrogens is 2. The van der Waals surface area contributed by atoms with Gasteiger partial charge in [0, 0.05) is 11.3 Å². The van der Waals surface area contributed by atoms with E-state index in [2.05, 4.69) is 55.0 Å². The van der Waals surface area contributed by atoms with Gasteiger partial charge in [-0.25, -0.2) is 4.79 Å². The van der Waals surface area contributed by atoms with E-state index in [1.165, 1.54) is 5.56 Å². The van der Waals surface area contributed by atoms with Crippen molar-refractivity contribution in [3.8, 4) is 11.1 Å². The first-order valence-electron chi connectivity index (χ1n) is 6.97. The van der Waals surface area contributed by atoms with E-state index in [0.29, 0.717) is 5.69 Å². The number of benzene rings is 2. The van der Waals surface area contributed by atoms with Gasteiger partial charge in [-0.1, -0.05) is 45.0 Å². The number of aromatic nitrogens is 2. The summed E-state index contributed by atoms with van der Waals surface area (Å²) in [7, 11) is 0. The third-order valence-corrected chi connectivity index (χ3v) is 3.75. The number of anilines is 1. The third-order valence-electron chi connectivity index (χ3n) is 3.75. The molecule has 4 heteroatoms. The first kappa shape index (κ1) is 13.5. The van der Waals surface area contributed by atoms with Crippen molar-refractivity contribution in [1.82, 2.24) is 9.97 Å². The van der Waals surface area contributed by atoms with Crippen LogP contribution in [0.1, 0.15) is 26.3 Å². The summed E-state index contributed by atoms with van der Waals surface area (Å²) in [4.78, 5) is 16.8. The molecule has 0 spiro atoms. The van der Waals surface area contributed by atoms with Gasteiger partial charge in [-0.3, -0.25) is 0 Å². The molecular formula is C17H19N3O. The molecule has 1 aromatic heterocycles. The van der Waals surface area contributed by atoms with Gasteiger partial charge >= 0.3 is 5.69 Å². The molecule has 0 aliphatic heterocycles. The first-order valence-corrected chi connectivity index (χ1v) is 6.97. The second-order valence-corrected chi connectivity index (χ2v) is 6.39. The monoisotopic (exact) mass is 281 g/mol. The predicted molar refractivity (Wildman–Crippen MR) is 87.5 cm³/mol. The molecule has 0 saturated heterocycles. The molecule has 0 saturated carbocycles. The molecule has 2 aromatic carbocycles. The smallest absolute Gasteiger partial charge is 0.323 e. The van der Waals surface area contributed by atoms with Gasteiger partial charge in [-0.15, -0.1) is 0 Å². The Morgan fingerprint density at radius 2 is 1.52 bits per heavy atom. The Kier molecular flexibility index (Phi) is 2.90. The number of aromatic amines is 2. The van der Waals surface area contributed by atoms with Crippen LogP contribution in [0.15, 0.2) is 41.2 Å². The summed E-state index contributed by atoms with van der Waals surface area (Å²) >= 11 is 0. The van der Waals surface area contributed by atoms with Crippen LogP contribution in [-0.2, 0) is 5.41 Å².